The van der Waals surface area contributed by atoms with Gasteiger partial charge in [0.15, 0.2) is 0 Å². The highest BCUT2D eigenvalue weighted by atomic mass is 31.2. The van der Waals surface area contributed by atoms with Crippen LogP contribution in [-0.2, 0) is 15.7 Å². The second-order valence-electron chi connectivity index (χ2n) is 7.86. The van der Waals surface area contributed by atoms with Crippen LogP contribution in [0.15, 0.2) is 66.7 Å². The Morgan fingerprint density at radius 2 is 1.48 bits per heavy atom. The van der Waals surface area contributed by atoms with Gasteiger partial charge in [-0.25, -0.2) is 13.7 Å². The molecule has 33 heavy (non-hydrogen) atoms. The molecule has 2 aliphatic rings. The standard InChI is InChI=1S/C23H21FN3O5P/c24-20-6-2-18(3-7-20)19-4-8-21(9-5-19)32-23-15-17(1-10-22(23)27(28)29)16-31-33(30,25-11-12-25)26-13-14-26/h1-10,15H,11-14,16H2. The van der Waals surface area contributed by atoms with Gasteiger partial charge in [0.05, 0.1) is 11.5 Å². The van der Waals surface area contributed by atoms with Gasteiger partial charge in [0.1, 0.15) is 11.6 Å². The molecule has 0 radical (unpaired) electrons. The summed E-state index contributed by atoms with van der Waals surface area (Å²) in [6, 6.07) is 17.6. The fourth-order valence-electron chi connectivity index (χ4n) is 3.46. The summed E-state index contributed by atoms with van der Waals surface area (Å²) in [5, 5.41) is 11.5. The Labute approximate surface area is 189 Å². The fourth-order valence-corrected chi connectivity index (χ4v) is 5.65. The largest absolute Gasteiger partial charge is 0.450 e. The fraction of sp³-hybridized carbons (Fsp3) is 0.217. The molecule has 0 amide bonds. The molecule has 2 saturated heterocycles. The van der Waals surface area contributed by atoms with Crippen molar-refractivity contribution in [1.29, 1.82) is 0 Å². The molecule has 0 atom stereocenters. The third-order valence-corrected chi connectivity index (χ3v) is 8.14. The SMILES string of the molecule is O=[N+]([O-])c1ccc(COP(=O)(N2CC2)N2CC2)cc1Oc1ccc(-c2ccc(F)cc2)cc1. The van der Waals surface area contributed by atoms with Crippen LogP contribution in [0.5, 0.6) is 11.5 Å². The number of benzene rings is 3. The molecule has 3 aromatic rings. The lowest BCUT2D eigenvalue weighted by atomic mass is 10.1. The van der Waals surface area contributed by atoms with Crippen LogP contribution in [0.25, 0.3) is 11.1 Å². The van der Waals surface area contributed by atoms with Gasteiger partial charge in [-0.3, -0.25) is 14.7 Å². The first-order chi connectivity index (χ1) is 15.9. The van der Waals surface area contributed by atoms with E-state index in [0.717, 1.165) is 37.3 Å². The summed E-state index contributed by atoms with van der Waals surface area (Å²) in [6.45, 7) is 3.04. The molecule has 2 heterocycles. The summed E-state index contributed by atoms with van der Waals surface area (Å²) in [5.74, 6) is 0.180. The Kier molecular flexibility index (Phi) is 5.72. The molecule has 0 N–H and O–H groups in total. The number of hydrogen-bond acceptors (Lipinski definition) is 5. The molecule has 170 valence electrons. The van der Waals surface area contributed by atoms with Gasteiger partial charge in [0, 0.05) is 32.2 Å². The van der Waals surface area contributed by atoms with E-state index in [1.165, 1.54) is 18.2 Å². The summed E-state index contributed by atoms with van der Waals surface area (Å²) >= 11 is 0. The minimum atomic E-state index is -2.99. The highest BCUT2D eigenvalue weighted by Gasteiger charge is 2.49. The second-order valence-corrected chi connectivity index (χ2v) is 10.2. The number of hydrogen-bond donors (Lipinski definition) is 0. The van der Waals surface area contributed by atoms with Gasteiger partial charge >= 0.3 is 13.4 Å². The lowest BCUT2D eigenvalue weighted by molar-refractivity contribution is -0.385. The van der Waals surface area contributed by atoms with Crippen LogP contribution in [-0.4, -0.2) is 40.4 Å². The third kappa shape index (κ3) is 4.82. The molecule has 0 saturated carbocycles. The van der Waals surface area contributed by atoms with Crippen LogP contribution >= 0.6 is 7.67 Å². The summed E-state index contributed by atoms with van der Waals surface area (Å²) in [6.07, 6.45) is 0. The molecule has 2 aliphatic heterocycles. The molecule has 5 rings (SSSR count). The van der Waals surface area contributed by atoms with E-state index in [2.05, 4.69) is 0 Å². The van der Waals surface area contributed by atoms with Crippen LogP contribution in [0.4, 0.5) is 10.1 Å². The maximum absolute atomic E-state index is 13.1. The van der Waals surface area contributed by atoms with Gasteiger partial charge in [0.25, 0.3) is 0 Å². The van der Waals surface area contributed by atoms with E-state index in [1.807, 2.05) is 9.34 Å². The van der Waals surface area contributed by atoms with Gasteiger partial charge < -0.3 is 9.26 Å². The molecule has 2 fully saturated rings. The monoisotopic (exact) mass is 469 g/mol. The van der Waals surface area contributed by atoms with Crippen molar-refractivity contribution in [3.63, 3.8) is 0 Å². The zero-order valence-corrected chi connectivity index (χ0v) is 18.5. The van der Waals surface area contributed by atoms with Gasteiger partial charge in [-0.05, 0) is 53.1 Å². The van der Waals surface area contributed by atoms with Crippen LogP contribution in [0.2, 0.25) is 0 Å². The van der Waals surface area contributed by atoms with Crippen molar-refractivity contribution in [2.24, 2.45) is 0 Å². The predicted molar refractivity (Wildman–Crippen MR) is 121 cm³/mol. The molecular formula is C23H21FN3O5P. The van der Waals surface area contributed by atoms with Crippen molar-refractivity contribution in [3.8, 4) is 22.6 Å². The van der Waals surface area contributed by atoms with Gasteiger partial charge in [-0.2, -0.15) is 0 Å². The zero-order valence-electron chi connectivity index (χ0n) is 17.6. The summed E-state index contributed by atoms with van der Waals surface area (Å²) in [5.41, 5.74) is 2.15. The van der Waals surface area contributed by atoms with Gasteiger partial charge in [-0.15, -0.1) is 0 Å². The van der Waals surface area contributed by atoms with Crippen molar-refractivity contribution in [1.82, 2.24) is 9.34 Å². The number of nitro benzene ring substituents is 1. The minimum absolute atomic E-state index is 0.0577. The zero-order chi connectivity index (χ0) is 23.0. The first-order valence-electron chi connectivity index (χ1n) is 10.5. The molecule has 0 unspecified atom stereocenters. The van der Waals surface area contributed by atoms with E-state index in [1.54, 1.807) is 48.5 Å². The van der Waals surface area contributed by atoms with Crippen LogP contribution in [0.3, 0.4) is 0 Å². The number of ether oxygens (including phenoxy) is 1. The van der Waals surface area contributed by atoms with E-state index in [0.29, 0.717) is 11.3 Å². The topological polar surface area (TPSA) is 84.7 Å². The first kappa shape index (κ1) is 21.7. The van der Waals surface area contributed by atoms with Gasteiger partial charge in [-0.1, -0.05) is 24.3 Å². The molecule has 10 heteroatoms. The van der Waals surface area contributed by atoms with Crippen molar-refractivity contribution in [2.75, 3.05) is 26.2 Å². The summed E-state index contributed by atoms with van der Waals surface area (Å²) in [4.78, 5) is 11.0. The maximum Gasteiger partial charge on any atom is 0.346 e. The number of halogens is 1. The summed E-state index contributed by atoms with van der Waals surface area (Å²) in [7, 11) is -2.99. The Morgan fingerprint density at radius 1 is 0.909 bits per heavy atom. The molecule has 3 aromatic carbocycles. The van der Waals surface area contributed by atoms with Crippen molar-refractivity contribution in [2.45, 2.75) is 6.61 Å². The molecule has 0 spiro atoms. The van der Waals surface area contributed by atoms with Crippen molar-refractivity contribution < 1.29 is 23.1 Å². The van der Waals surface area contributed by atoms with Crippen LogP contribution < -0.4 is 4.74 Å². The Bertz CT molecular complexity index is 1210. The molecule has 0 bridgehead atoms. The lowest BCUT2D eigenvalue weighted by Crippen LogP contribution is -2.08. The molecular weight excluding hydrogens is 448 g/mol. The van der Waals surface area contributed by atoms with E-state index in [-0.39, 0.29) is 23.9 Å². The third-order valence-electron chi connectivity index (χ3n) is 5.44. The van der Waals surface area contributed by atoms with Crippen LogP contribution in [0, 0.1) is 15.9 Å². The van der Waals surface area contributed by atoms with Crippen LogP contribution in [0.1, 0.15) is 5.56 Å². The Morgan fingerprint density at radius 3 is 2.03 bits per heavy atom. The smallest absolute Gasteiger partial charge is 0.346 e. The van der Waals surface area contributed by atoms with E-state index in [4.69, 9.17) is 9.26 Å². The molecule has 0 aromatic heterocycles. The van der Waals surface area contributed by atoms with Gasteiger partial charge in [0.2, 0.25) is 5.75 Å². The highest BCUT2D eigenvalue weighted by molar-refractivity contribution is 7.54. The minimum Gasteiger partial charge on any atom is -0.450 e. The molecule has 0 aliphatic carbocycles. The number of rotatable bonds is 9. The number of nitro groups is 1. The number of nitrogens with zero attached hydrogens (tertiary/aromatic N) is 3. The highest BCUT2D eigenvalue weighted by Crippen LogP contribution is 2.61. The van der Waals surface area contributed by atoms with E-state index in [9.17, 15) is 19.1 Å². The van der Waals surface area contributed by atoms with E-state index < -0.39 is 12.6 Å². The average Bonchev–Trinajstić information content (AvgIpc) is 3.71. The Hall–Kier alpha value is -3.10. The quantitative estimate of drug-likeness (QED) is 0.178. The lowest BCUT2D eigenvalue weighted by Gasteiger charge is -2.19. The Balaban J connectivity index is 1.33. The first-order valence-corrected chi connectivity index (χ1v) is 12.0. The summed E-state index contributed by atoms with van der Waals surface area (Å²) < 4.78 is 41.5. The maximum atomic E-state index is 13.1. The van der Waals surface area contributed by atoms with Crippen molar-refractivity contribution >= 4 is 13.4 Å². The normalized spacial score (nSPS) is 15.9. The second kappa shape index (κ2) is 8.68. The molecule has 8 nitrogen and oxygen atoms in total. The van der Waals surface area contributed by atoms with Crippen molar-refractivity contribution in [3.05, 3.63) is 88.2 Å². The predicted octanol–water partition coefficient (Wildman–Crippen LogP) is 5.45. The van der Waals surface area contributed by atoms with E-state index >= 15 is 0 Å². The average molecular weight is 469 g/mol.